The van der Waals surface area contributed by atoms with Crippen molar-refractivity contribution in [2.24, 2.45) is 0 Å². The van der Waals surface area contributed by atoms with E-state index >= 15 is 0 Å². The van der Waals surface area contributed by atoms with E-state index in [2.05, 4.69) is 10.3 Å². The number of carbonyl (C=O) groups is 1. The second kappa shape index (κ2) is 4.70. The van der Waals surface area contributed by atoms with Crippen LogP contribution in [-0.4, -0.2) is 21.6 Å². The Labute approximate surface area is 99.6 Å². The van der Waals surface area contributed by atoms with Gasteiger partial charge in [-0.2, -0.15) is 0 Å². The molecular weight excluding hydrogens is 228 g/mol. The molecule has 1 aromatic rings. The van der Waals surface area contributed by atoms with Crippen LogP contribution in [0.5, 0.6) is 0 Å². The molecule has 16 heavy (non-hydrogen) atoms. The highest BCUT2D eigenvalue weighted by atomic mass is 35.5. The van der Waals surface area contributed by atoms with Gasteiger partial charge in [-0.05, 0) is 26.3 Å². The highest BCUT2D eigenvalue weighted by Crippen LogP contribution is 2.21. The molecule has 0 unspecified atom stereocenters. The Hall–Kier alpha value is -1.29. The van der Waals surface area contributed by atoms with Crippen LogP contribution in [0.4, 0.5) is 5.82 Å². The fraction of sp³-hybridized carbons (Fsp3) is 0.455. The second-order valence-corrected chi connectivity index (χ2v) is 4.62. The molecule has 1 rings (SSSR count). The van der Waals surface area contributed by atoms with Gasteiger partial charge in [0.25, 0.3) is 0 Å². The highest BCUT2D eigenvalue weighted by Gasteiger charge is 2.17. The molecule has 1 heterocycles. The first-order chi connectivity index (χ1) is 7.35. The first-order valence-corrected chi connectivity index (χ1v) is 5.40. The number of rotatable bonds is 4. The van der Waals surface area contributed by atoms with Gasteiger partial charge >= 0.3 is 5.97 Å². The summed E-state index contributed by atoms with van der Waals surface area (Å²) < 4.78 is 0. The molecular formula is C11H15ClN2O2. The van der Waals surface area contributed by atoms with Crippen LogP contribution < -0.4 is 5.32 Å². The summed E-state index contributed by atoms with van der Waals surface area (Å²) in [4.78, 5) is 14.9. The van der Waals surface area contributed by atoms with Crippen molar-refractivity contribution in [1.82, 2.24) is 4.98 Å². The number of aromatic nitrogens is 1. The first kappa shape index (κ1) is 12.8. The van der Waals surface area contributed by atoms with Gasteiger partial charge in [-0.15, -0.1) is 0 Å². The predicted octanol–water partition coefficient (Wildman–Crippen LogP) is 3.03. The van der Waals surface area contributed by atoms with Gasteiger partial charge in [-0.3, -0.25) is 0 Å². The third kappa shape index (κ3) is 3.10. The molecule has 0 atom stereocenters. The number of carboxylic acids is 1. The maximum atomic E-state index is 10.9. The van der Waals surface area contributed by atoms with Crippen LogP contribution in [-0.2, 0) is 0 Å². The molecule has 0 radical (unpaired) electrons. The smallest absolute Gasteiger partial charge is 0.337 e. The molecule has 5 heteroatoms. The molecule has 0 fully saturated rings. The number of nitrogens with one attached hydrogen (secondary N) is 1. The van der Waals surface area contributed by atoms with Gasteiger partial charge in [-0.25, -0.2) is 9.78 Å². The summed E-state index contributed by atoms with van der Waals surface area (Å²) in [6, 6.07) is 1.45. The Bertz CT molecular complexity index is 405. The minimum atomic E-state index is -1.05. The zero-order chi connectivity index (χ0) is 12.3. The average molecular weight is 243 g/mol. The summed E-state index contributed by atoms with van der Waals surface area (Å²) >= 11 is 5.73. The summed E-state index contributed by atoms with van der Waals surface area (Å²) in [5.74, 6) is -0.529. The van der Waals surface area contributed by atoms with Crippen molar-refractivity contribution in [1.29, 1.82) is 0 Å². The van der Waals surface area contributed by atoms with Crippen molar-refractivity contribution >= 4 is 23.4 Å². The summed E-state index contributed by atoms with van der Waals surface area (Å²) in [5.41, 5.74) is -0.0672. The monoisotopic (exact) mass is 242 g/mol. The van der Waals surface area contributed by atoms with Crippen molar-refractivity contribution < 1.29 is 9.90 Å². The molecule has 1 aromatic heterocycles. The minimum absolute atomic E-state index is 0.0612. The van der Waals surface area contributed by atoms with E-state index in [1.54, 1.807) is 0 Å². The lowest BCUT2D eigenvalue weighted by molar-refractivity contribution is 0.0697. The molecule has 0 bridgehead atoms. The van der Waals surface area contributed by atoms with Crippen LogP contribution >= 0.6 is 11.6 Å². The lowest BCUT2D eigenvalue weighted by Gasteiger charge is -2.25. The molecule has 0 aliphatic carbocycles. The van der Waals surface area contributed by atoms with Crippen LogP contribution in [0.3, 0.4) is 0 Å². The molecule has 4 nitrogen and oxygen atoms in total. The van der Waals surface area contributed by atoms with Crippen LogP contribution in [0.15, 0.2) is 12.3 Å². The van der Waals surface area contributed by atoms with E-state index in [0.717, 1.165) is 6.42 Å². The molecule has 0 saturated carbocycles. The fourth-order valence-corrected chi connectivity index (χ4v) is 1.29. The average Bonchev–Trinajstić information content (AvgIpc) is 2.20. The number of halogens is 1. The predicted molar refractivity (Wildman–Crippen MR) is 64.2 cm³/mol. The van der Waals surface area contributed by atoms with E-state index in [1.165, 1.54) is 12.3 Å². The van der Waals surface area contributed by atoms with Crippen LogP contribution in [0.25, 0.3) is 0 Å². The molecule has 0 aliphatic rings. The van der Waals surface area contributed by atoms with Crippen LogP contribution in [0.2, 0.25) is 5.02 Å². The summed E-state index contributed by atoms with van der Waals surface area (Å²) in [7, 11) is 0. The van der Waals surface area contributed by atoms with E-state index in [1.807, 2.05) is 20.8 Å². The number of nitrogens with zero attached hydrogens (tertiary/aromatic N) is 1. The van der Waals surface area contributed by atoms with Crippen molar-refractivity contribution in [2.75, 3.05) is 5.32 Å². The quantitative estimate of drug-likeness (QED) is 0.852. The molecule has 0 saturated heterocycles. The largest absolute Gasteiger partial charge is 0.478 e. The Morgan fingerprint density at radius 3 is 2.75 bits per heavy atom. The van der Waals surface area contributed by atoms with Gasteiger partial charge < -0.3 is 10.4 Å². The van der Waals surface area contributed by atoms with Gasteiger partial charge in [0.1, 0.15) is 5.82 Å². The van der Waals surface area contributed by atoms with Gasteiger partial charge in [0, 0.05) is 11.7 Å². The fourth-order valence-electron chi connectivity index (χ4n) is 1.11. The van der Waals surface area contributed by atoms with E-state index in [-0.39, 0.29) is 16.1 Å². The van der Waals surface area contributed by atoms with Crippen LogP contribution in [0, 0.1) is 0 Å². The Kier molecular flexibility index (Phi) is 3.75. The van der Waals surface area contributed by atoms with E-state index in [0.29, 0.717) is 5.82 Å². The molecule has 0 aliphatic heterocycles. The summed E-state index contributed by atoms with van der Waals surface area (Å²) in [6.07, 6.45) is 2.25. The first-order valence-electron chi connectivity index (χ1n) is 5.03. The number of anilines is 1. The Balaban J connectivity index is 3.00. The Morgan fingerprint density at radius 2 is 2.25 bits per heavy atom. The topological polar surface area (TPSA) is 62.2 Å². The van der Waals surface area contributed by atoms with Gasteiger partial charge in [0.2, 0.25) is 0 Å². The van der Waals surface area contributed by atoms with Gasteiger partial charge in [-0.1, -0.05) is 18.5 Å². The van der Waals surface area contributed by atoms with Crippen LogP contribution in [0.1, 0.15) is 37.6 Å². The molecule has 88 valence electrons. The third-order valence-electron chi connectivity index (χ3n) is 2.44. The standard InChI is InChI=1S/C11H15ClN2O2/c1-4-11(2,3)14-9-5-7(10(15)16)8(12)6-13-9/h5-6H,4H2,1-3H3,(H,13,14)(H,15,16). The van der Waals surface area contributed by atoms with Crippen molar-refractivity contribution in [3.8, 4) is 0 Å². The number of hydrogen-bond acceptors (Lipinski definition) is 3. The van der Waals surface area contributed by atoms with Crippen molar-refractivity contribution in [2.45, 2.75) is 32.7 Å². The number of aromatic carboxylic acids is 1. The molecule has 2 N–H and O–H groups in total. The normalized spacial score (nSPS) is 11.2. The summed E-state index contributed by atoms with van der Waals surface area (Å²) in [5, 5.41) is 12.2. The van der Waals surface area contributed by atoms with E-state index < -0.39 is 5.97 Å². The lowest BCUT2D eigenvalue weighted by atomic mass is 10.0. The molecule has 0 aromatic carbocycles. The number of pyridine rings is 1. The number of carboxylic acid groups (broad SMARTS) is 1. The highest BCUT2D eigenvalue weighted by molar-refractivity contribution is 6.33. The van der Waals surface area contributed by atoms with E-state index in [9.17, 15) is 4.79 Å². The van der Waals surface area contributed by atoms with Crippen molar-refractivity contribution in [3.05, 3.63) is 22.8 Å². The Morgan fingerprint density at radius 1 is 1.62 bits per heavy atom. The van der Waals surface area contributed by atoms with Crippen molar-refractivity contribution in [3.63, 3.8) is 0 Å². The molecule has 0 amide bonds. The van der Waals surface area contributed by atoms with E-state index in [4.69, 9.17) is 16.7 Å². The second-order valence-electron chi connectivity index (χ2n) is 4.22. The number of hydrogen-bond donors (Lipinski definition) is 2. The minimum Gasteiger partial charge on any atom is -0.478 e. The maximum Gasteiger partial charge on any atom is 0.337 e. The maximum absolute atomic E-state index is 10.9. The lowest BCUT2D eigenvalue weighted by Crippen LogP contribution is -2.30. The molecule has 0 spiro atoms. The van der Waals surface area contributed by atoms with Gasteiger partial charge in [0.15, 0.2) is 0 Å². The SMILES string of the molecule is CCC(C)(C)Nc1cc(C(=O)O)c(Cl)cn1. The third-order valence-corrected chi connectivity index (χ3v) is 2.74. The zero-order valence-electron chi connectivity index (χ0n) is 9.54. The van der Waals surface area contributed by atoms with Gasteiger partial charge in [0.05, 0.1) is 10.6 Å². The zero-order valence-corrected chi connectivity index (χ0v) is 10.3. The summed E-state index contributed by atoms with van der Waals surface area (Å²) in [6.45, 7) is 6.08.